The van der Waals surface area contributed by atoms with E-state index in [2.05, 4.69) is 28.9 Å². The molecule has 0 spiro atoms. The third-order valence-corrected chi connectivity index (χ3v) is 4.53. The number of thioether (sulfide) groups is 1. The van der Waals surface area contributed by atoms with E-state index >= 15 is 0 Å². The lowest BCUT2D eigenvalue weighted by Gasteiger charge is -2.08. The largest absolute Gasteiger partial charge is 0.398 e. The predicted molar refractivity (Wildman–Crippen MR) is 84.3 cm³/mol. The van der Waals surface area contributed by atoms with Crippen LogP contribution in [0.15, 0.2) is 45.8 Å². The molecule has 0 fully saturated rings. The average Bonchev–Trinajstić information content (AvgIpc) is 2.32. The number of nitrogens with two attached hydrogens (primary N) is 1. The molecule has 0 radical (unpaired) electrons. The second-order valence-electron chi connectivity index (χ2n) is 4.07. The van der Waals surface area contributed by atoms with E-state index in [0.717, 1.165) is 31.4 Å². The van der Waals surface area contributed by atoms with Crippen LogP contribution in [0.25, 0.3) is 0 Å². The first kappa shape index (κ1) is 13.8. The highest BCUT2D eigenvalue weighted by Gasteiger charge is 2.05. The lowest BCUT2D eigenvalue weighted by molar-refractivity contribution is 1.34. The molecule has 0 aliphatic carbocycles. The molecular weight excluding hydrogens is 330 g/mol. The van der Waals surface area contributed by atoms with Gasteiger partial charge in [-0.1, -0.05) is 39.7 Å². The summed E-state index contributed by atoms with van der Waals surface area (Å²) in [7, 11) is 0. The fourth-order valence-corrected chi connectivity index (χ4v) is 3.45. The molecule has 0 heterocycles. The molecule has 18 heavy (non-hydrogen) atoms. The van der Waals surface area contributed by atoms with Crippen LogP contribution in [-0.4, -0.2) is 0 Å². The third kappa shape index (κ3) is 3.44. The van der Waals surface area contributed by atoms with Gasteiger partial charge in [0.25, 0.3) is 0 Å². The van der Waals surface area contributed by atoms with Crippen LogP contribution in [0.5, 0.6) is 0 Å². The molecule has 2 N–H and O–H groups in total. The summed E-state index contributed by atoms with van der Waals surface area (Å²) in [5, 5.41) is 0.781. The standard InChI is InChI=1S/C14H13BrClNS/c1-9-2-5-13(17)14(6-9)18-8-10-3-4-11(15)7-12(10)16/h2-7H,8,17H2,1H3. The molecular formula is C14H13BrClNS. The Labute approximate surface area is 125 Å². The van der Waals surface area contributed by atoms with Gasteiger partial charge in [0.1, 0.15) is 0 Å². The molecule has 0 unspecified atom stereocenters. The van der Waals surface area contributed by atoms with E-state index in [4.69, 9.17) is 17.3 Å². The van der Waals surface area contributed by atoms with Crippen LogP contribution in [-0.2, 0) is 5.75 Å². The summed E-state index contributed by atoms with van der Waals surface area (Å²) in [5.74, 6) is 0.819. The van der Waals surface area contributed by atoms with Crippen molar-refractivity contribution in [2.75, 3.05) is 5.73 Å². The molecule has 0 atom stereocenters. The Morgan fingerprint density at radius 2 is 2.00 bits per heavy atom. The molecule has 0 saturated carbocycles. The van der Waals surface area contributed by atoms with Crippen LogP contribution >= 0.6 is 39.3 Å². The summed E-state index contributed by atoms with van der Waals surface area (Å²) in [6, 6.07) is 12.0. The number of aryl methyl sites for hydroxylation is 1. The maximum atomic E-state index is 6.19. The molecule has 1 nitrogen and oxygen atoms in total. The third-order valence-electron chi connectivity index (χ3n) is 2.57. The fraction of sp³-hybridized carbons (Fsp3) is 0.143. The van der Waals surface area contributed by atoms with Crippen LogP contribution in [0.2, 0.25) is 5.02 Å². The smallest absolute Gasteiger partial charge is 0.0457 e. The monoisotopic (exact) mass is 341 g/mol. The lowest BCUT2D eigenvalue weighted by Crippen LogP contribution is -1.90. The van der Waals surface area contributed by atoms with Crippen molar-refractivity contribution >= 4 is 45.0 Å². The first-order chi connectivity index (χ1) is 8.56. The van der Waals surface area contributed by atoms with Gasteiger partial charge in [0, 0.05) is 25.8 Å². The Morgan fingerprint density at radius 1 is 1.22 bits per heavy atom. The summed E-state index contributed by atoms with van der Waals surface area (Å²) >= 11 is 11.3. The van der Waals surface area contributed by atoms with Gasteiger partial charge >= 0.3 is 0 Å². The highest BCUT2D eigenvalue weighted by molar-refractivity contribution is 9.10. The molecule has 2 rings (SSSR count). The Morgan fingerprint density at radius 3 is 2.72 bits per heavy atom. The van der Waals surface area contributed by atoms with Crippen molar-refractivity contribution in [2.45, 2.75) is 17.6 Å². The minimum Gasteiger partial charge on any atom is -0.398 e. The minimum absolute atomic E-state index is 0.781. The fourth-order valence-electron chi connectivity index (χ4n) is 1.56. The summed E-state index contributed by atoms with van der Waals surface area (Å²) in [4.78, 5) is 1.11. The number of hydrogen-bond acceptors (Lipinski definition) is 2. The van der Waals surface area contributed by atoms with Gasteiger partial charge in [-0.2, -0.15) is 0 Å². The van der Waals surface area contributed by atoms with Gasteiger partial charge in [-0.05, 0) is 42.3 Å². The summed E-state index contributed by atoms with van der Waals surface area (Å²) in [5.41, 5.74) is 9.11. The molecule has 0 aliphatic rings. The molecule has 94 valence electrons. The van der Waals surface area contributed by atoms with E-state index in [1.807, 2.05) is 30.3 Å². The van der Waals surface area contributed by atoms with E-state index in [1.54, 1.807) is 11.8 Å². The first-order valence-corrected chi connectivity index (χ1v) is 7.65. The van der Waals surface area contributed by atoms with Crippen molar-refractivity contribution in [2.24, 2.45) is 0 Å². The highest BCUT2D eigenvalue weighted by atomic mass is 79.9. The lowest BCUT2D eigenvalue weighted by atomic mass is 10.2. The molecule has 4 heteroatoms. The molecule has 0 aromatic heterocycles. The zero-order valence-corrected chi connectivity index (χ0v) is 13.1. The van der Waals surface area contributed by atoms with E-state index in [-0.39, 0.29) is 0 Å². The normalized spacial score (nSPS) is 10.6. The zero-order valence-electron chi connectivity index (χ0n) is 9.91. The minimum atomic E-state index is 0.781. The summed E-state index contributed by atoms with van der Waals surface area (Å²) in [6.45, 7) is 2.07. The van der Waals surface area contributed by atoms with Crippen molar-refractivity contribution < 1.29 is 0 Å². The van der Waals surface area contributed by atoms with Crippen molar-refractivity contribution in [3.63, 3.8) is 0 Å². The number of rotatable bonds is 3. The number of anilines is 1. The van der Waals surface area contributed by atoms with Crippen LogP contribution in [0.4, 0.5) is 5.69 Å². The average molecular weight is 343 g/mol. The number of hydrogen-bond donors (Lipinski definition) is 1. The second kappa shape index (κ2) is 6.00. The summed E-state index contributed by atoms with van der Waals surface area (Å²) < 4.78 is 0.997. The van der Waals surface area contributed by atoms with Crippen molar-refractivity contribution in [1.82, 2.24) is 0 Å². The van der Waals surface area contributed by atoms with Crippen molar-refractivity contribution in [1.29, 1.82) is 0 Å². The van der Waals surface area contributed by atoms with Gasteiger partial charge in [0.15, 0.2) is 0 Å². The van der Waals surface area contributed by atoms with Crippen molar-refractivity contribution in [3.8, 4) is 0 Å². The molecule has 0 aliphatic heterocycles. The van der Waals surface area contributed by atoms with E-state index in [0.29, 0.717) is 0 Å². The van der Waals surface area contributed by atoms with E-state index in [9.17, 15) is 0 Å². The topological polar surface area (TPSA) is 26.0 Å². The molecule has 2 aromatic rings. The molecule has 2 aromatic carbocycles. The zero-order chi connectivity index (χ0) is 13.1. The Balaban J connectivity index is 2.13. The van der Waals surface area contributed by atoms with E-state index in [1.165, 1.54) is 5.56 Å². The Kier molecular flexibility index (Phi) is 4.60. The Bertz CT molecular complexity index is 572. The highest BCUT2D eigenvalue weighted by Crippen LogP contribution is 2.32. The van der Waals surface area contributed by atoms with Gasteiger partial charge in [0.05, 0.1) is 0 Å². The quantitative estimate of drug-likeness (QED) is 0.606. The maximum absolute atomic E-state index is 6.19. The van der Waals surface area contributed by atoms with Gasteiger partial charge in [-0.25, -0.2) is 0 Å². The van der Waals surface area contributed by atoms with Gasteiger partial charge < -0.3 is 5.73 Å². The first-order valence-electron chi connectivity index (χ1n) is 5.49. The van der Waals surface area contributed by atoms with Gasteiger partial charge in [-0.3, -0.25) is 0 Å². The van der Waals surface area contributed by atoms with Crippen LogP contribution in [0.1, 0.15) is 11.1 Å². The van der Waals surface area contributed by atoms with Crippen LogP contribution < -0.4 is 5.73 Å². The van der Waals surface area contributed by atoms with E-state index < -0.39 is 0 Å². The predicted octanol–water partition coefficient (Wildman–Crippen LogP) is 5.29. The molecule has 0 saturated heterocycles. The second-order valence-corrected chi connectivity index (χ2v) is 6.41. The number of halogens is 2. The number of benzene rings is 2. The Hall–Kier alpha value is -0.640. The van der Waals surface area contributed by atoms with Crippen molar-refractivity contribution in [3.05, 3.63) is 57.0 Å². The SMILES string of the molecule is Cc1ccc(N)c(SCc2ccc(Br)cc2Cl)c1. The van der Waals surface area contributed by atoms with Gasteiger partial charge in [0.2, 0.25) is 0 Å². The molecule has 0 amide bonds. The van der Waals surface area contributed by atoms with Gasteiger partial charge in [-0.15, -0.1) is 11.8 Å². The summed E-state index contributed by atoms with van der Waals surface area (Å²) in [6.07, 6.45) is 0. The van der Waals surface area contributed by atoms with Crippen LogP contribution in [0.3, 0.4) is 0 Å². The maximum Gasteiger partial charge on any atom is 0.0457 e. The number of nitrogen functional groups attached to an aromatic ring is 1. The van der Waals surface area contributed by atoms with Crippen LogP contribution in [0, 0.1) is 6.92 Å². The molecule has 0 bridgehead atoms.